The van der Waals surface area contributed by atoms with E-state index in [0.29, 0.717) is 24.7 Å². The molecule has 0 aromatic rings. The molecule has 4 aliphatic carbocycles. The van der Waals surface area contributed by atoms with Gasteiger partial charge in [0.1, 0.15) is 5.60 Å². The van der Waals surface area contributed by atoms with Gasteiger partial charge in [-0.1, -0.05) is 37.6 Å². The number of rotatable bonds is 0. The molecule has 0 aromatic heterocycles. The molecule has 0 N–H and O–H groups in total. The van der Waals surface area contributed by atoms with Crippen molar-refractivity contribution < 1.29 is 14.3 Å². The van der Waals surface area contributed by atoms with E-state index in [1.165, 1.54) is 11.1 Å². The molecule has 1 saturated carbocycles. The van der Waals surface area contributed by atoms with Crippen LogP contribution >= 0.6 is 0 Å². The highest BCUT2D eigenvalue weighted by Crippen LogP contribution is 2.66. The Balaban J connectivity index is 1.58. The largest absolute Gasteiger partial charge is 0.458 e. The highest BCUT2D eigenvalue weighted by Gasteiger charge is 2.64. The van der Waals surface area contributed by atoms with Gasteiger partial charge in [0.2, 0.25) is 0 Å². The van der Waals surface area contributed by atoms with Gasteiger partial charge in [0.05, 0.1) is 0 Å². The lowest BCUT2D eigenvalue weighted by molar-refractivity contribution is -0.159. The summed E-state index contributed by atoms with van der Waals surface area (Å²) in [4.78, 5) is 23.8. The smallest absolute Gasteiger partial charge is 0.306 e. The van der Waals surface area contributed by atoms with E-state index in [4.69, 9.17) is 4.74 Å². The van der Waals surface area contributed by atoms with E-state index >= 15 is 0 Å². The highest BCUT2D eigenvalue weighted by atomic mass is 16.6. The quantitative estimate of drug-likeness (QED) is 0.489. The lowest BCUT2D eigenvalue weighted by atomic mass is 9.52. The first kappa shape index (κ1) is 15.6. The SMILES string of the molecule is C[C@]12CCC(=O)C=C1C=CC1C2=CC[C@@]2(C)C1CCC21CCC(=O)O1. The van der Waals surface area contributed by atoms with Gasteiger partial charge < -0.3 is 4.74 Å². The second kappa shape index (κ2) is 4.75. The van der Waals surface area contributed by atoms with Crippen molar-refractivity contribution in [3.05, 3.63) is 35.5 Å². The average molecular weight is 338 g/mol. The number of allylic oxidation sites excluding steroid dienone is 6. The summed E-state index contributed by atoms with van der Waals surface area (Å²) in [5, 5.41) is 0. The van der Waals surface area contributed by atoms with Crippen molar-refractivity contribution in [3.8, 4) is 0 Å². The maximum atomic E-state index is 11.9. The Kier molecular flexibility index (Phi) is 2.96. The van der Waals surface area contributed by atoms with Crippen LogP contribution in [0.25, 0.3) is 0 Å². The van der Waals surface area contributed by atoms with E-state index in [1.807, 2.05) is 6.08 Å². The van der Waals surface area contributed by atoms with Crippen LogP contribution < -0.4 is 0 Å². The van der Waals surface area contributed by atoms with E-state index in [-0.39, 0.29) is 28.2 Å². The standard InChI is InChI=1S/C22H26O3/c1-20-9-5-15(23)13-14(20)3-4-16-17(20)6-10-21(2)18(16)7-11-22(21)12-8-19(24)25-22/h3-4,6,13,16,18H,5,7-12H2,1-2H3/t16?,18?,20-,21-,22?/m0/s1. The predicted molar refractivity (Wildman–Crippen MR) is 94.6 cm³/mol. The van der Waals surface area contributed by atoms with Crippen LogP contribution in [0.2, 0.25) is 0 Å². The van der Waals surface area contributed by atoms with Crippen molar-refractivity contribution in [1.82, 2.24) is 0 Å². The molecule has 1 heterocycles. The van der Waals surface area contributed by atoms with Crippen molar-refractivity contribution in [2.75, 3.05) is 0 Å². The molecule has 25 heavy (non-hydrogen) atoms. The van der Waals surface area contributed by atoms with Gasteiger partial charge >= 0.3 is 5.97 Å². The van der Waals surface area contributed by atoms with E-state index < -0.39 is 0 Å². The monoisotopic (exact) mass is 338 g/mol. The molecule has 132 valence electrons. The van der Waals surface area contributed by atoms with Crippen LogP contribution in [0.1, 0.15) is 58.8 Å². The van der Waals surface area contributed by atoms with Gasteiger partial charge in [0, 0.05) is 29.6 Å². The summed E-state index contributed by atoms with van der Waals surface area (Å²) in [7, 11) is 0. The van der Waals surface area contributed by atoms with E-state index in [9.17, 15) is 9.59 Å². The predicted octanol–water partition coefficient (Wildman–Crippen LogP) is 4.29. The first-order valence-corrected chi connectivity index (χ1v) is 9.74. The second-order valence-electron chi connectivity index (χ2n) is 9.18. The fourth-order valence-electron chi connectivity index (χ4n) is 6.62. The van der Waals surface area contributed by atoms with Crippen LogP contribution in [0.3, 0.4) is 0 Å². The summed E-state index contributed by atoms with van der Waals surface area (Å²) >= 11 is 0. The second-order valence-corrected chi connectivity index (χ2v) is 9.18. The van der Waals surface area contributed by atoms with E-state index in [0.717, 1.165) is 32.1 Å². The Bertz CT molecular complexity index is 772. The van der Waals surface area contributed by atoms with Crippen molar-refractivity contribution in [1.29, 1.82) is 0 Å². The Labute approximate surface area is 149 Å². The molecular weight excluding hydrogens is 312 g/mol. The minimum Gasteiger partial charge on any atom is -0.458 e. The number of fused-ring (bicyclic) bond motifs is 6. The number of esters is 1. The zero-order valence-electron chi connectivity index (χ0n) is 15.1. The average Bonchev–Trinajstić information content (AvgIpc) is 3.10. The number of carbonyl (C=O) groups excluding carboxylic acids is 2. The van der Waals surface area contributed by atoms with Gasteiger partial charge in [-0.05, 0) is 49.7 Å². The number of carbonyl (C=O) groups is 2. The molecule has 1 aliphatic heterocycles. The minimum atomic E-state index is -0.246. The molecular formula is C22H26O3. The summed E-state index contributed by atoms with van der Waals surface area (Å²) in [6, 6.07) is 0. The number of ether oxygens (including phenoxy) is 1. The Morgan fingerprint density at radius 3 is 2.72 bits per heavy atom. The zero-order valence-corrected chi connectivity index (χ0v) is 15.1. The molecule has 5 rings (SSSR count). The van der Waals surface area contributed by atoms with Crippen LogP contribution in [0.15, 0.2) is 35.5 Å². The van der Waals surface area contributed by atoms with Gasteiger partial charge in [0.15, 0.2) is 5.78 Å². The van der Waals surface area contributed by atoms with Crippen LogP contribution in [-0.2, 0) is 14.3 Å². The van der Waals surface area contributed by atoms with Gasteiger partial charge in [-0.15, -0.1) is 0 Å². The topological polar surface area (TPSA) is 43.4 Å². The first-order valence-electron chi connectivity index (χ1n) is 9.74. The first-order chi connectivity index (χ1) is 11.9. The van der Waals surface area contributed by atoms with Gasteiger partial charge in [-0.3, -0.25) is 9.59 Å². The third-order valence-electron chi connectivity index (χ3n) is 8.24. The number of hydrogen-bond donors (Lipinski definition) is 0. The maximum absolute atomic E-state index is 11.9. The molecule has 2 fully saturated rings. The lowest BCUT2D eigenvalue weighted by Gasteiger charge is -2.52. The zero-order chi connectivity index (χ0) is 17.4. The van der Waals surface area contributed by atoms with Crippen LogP contribution in [0.4, 0.5) is 0 Å². The molecule has 3 nitrogen and oxygen atoms in total. The molecule has 5 atom stereocenters. The fraction of sp³-hybridized carbons (Fsp3) is 0.636. The molecule has 5 aliphatic rings. The Morgan fingerprint density at radius 2 is 1.96 bits per heavy atom. The van der Waals surface area contributed by atoms with E-state index in [2.05, 4.69) is 32.1 Å². The number of ketones is 1. The molecule has 0 radical (unpaired) electrons. The van der Waals surface area contributed by atoms with Crippen molar-refractivity contribution in [3.63, 3.8) is 0 Å². The molecule has 1 spiro atoms. The summed E-state index contributed by atoms with van der Waals surface area (Å²) < 4.78 is 5.96. The molecule has 1 saturated heterocycles. The summed E-state index contributed by atoms with van der Waals surface area (Å²) in [6.07, 6.45) is 15.0. The fourth-order valence-corrected chi connectivity index (χ4v) is 6.62. The lowest BCUT2D eigenvalue weighted by Crippen LogP contribution is -2.50. The normalized spacial score (nSPS) is 47.8. The minimum absolute atomic E-state index is 0.0107. The Hall–Kier alpha value is -1.64. The highest BCUT2D eigenvalue weighted by molar-refractivity contribution is 5.92. The summed E-state index contributed by atoms with van der Waals surface area (Å²) in [5.41, 5.74) is 2.51. The molecule has 3 unspecified atom stereocenters. The molecule has 3 heteroatoms. The maximum Gasteiger partial charge on any atom is 0.306 e. The van der Waals surface area contributed by atoms with Crippen molar-refractivity contribution >= 4 is 11.8 Å². The molecule has 0 bridgehead atoms. The van der Waals surface area contributed by atoms with Crippen LogP contribution in [-0.4, -0.2) is 17.4 Å². The third-order valence-corrected chi connectivity index (χ3v) is 8.24. The third kappa shape index (κ3) is 1.82. The van der Waals surface area contributed by atoms with Crippen LogP contribution in [0, 0.1) is 22.7 Å². The Morgan fingerprint density at radius 1 is 1.12 bits per heavy atom. The van der Waals surface area contributed by atoms with Gasteiger partial charge in [0.25, 0.3) is 0 Å². The summed E-state index contributed by atoms with van der Waals surface area (Å²) in [5.74, 6) is 1.20. The summed E-state index contributed by atoms with van der Waals surface area (Å²) in [6.45, 7) is 4.67. The van der Waals surface area contributed by atoms with E-state index in [1.54, 1.807) is 0 Å². The van der Waals surface area contributed by atoms with Crippen LogP contribution in [0.5, 0.6) is 0 Å². The van der Waals surface area contributed by atoms with Gasteiger partial charge in [-0.25, -0.2) is 0 Å². The van der Waals surface area contributed by atoms with Crippen molar-refractivity contribution in [2.45, 2.75) is 64.4 Å². The molecule has 0 aromatic carbocycles. The van der Waals surface area contributed by atoms with Gasteiger partial charge in [-0.2, -0.15) is 0 Å². The van der Waals surface area contributed by atoms with Crippen molar-refractivity contribution in [2.24, 2.45) is 22.7 Å². The number of hydrogen-bond acceptors (Lipinski definition) is 3. The molecule has 0 amide bonds.